The summed E-state index contributed by atoms with van der Waals surface area (Å²) in [5, 5.41) is 2.84. The third-order valence-electron chi connectivity index (χ3n) is 5.74. The van der Waals surface area contributed by atoms with Crippen LogP contribution in [0.1, 0.15) is 33.6 Å². The predicted octanol–water partition coefficient (Wildman–Crippen LogP) is 4.55. The molecule has 8 nitrogen and oxygen atoms in total. The van der Waals surface area contributed by atoms with Crippen molar-refractivity contribution in [1.82, 2.24) is 14.9 Å². The molecule has 2 aromatic heterocycles. The molecule has 3 aromatic rings. The van der Waals surface area contributed by atoms with Crippen LogP contribution in [-0.4, -0.2) is 58.8 Å². The molecule has 0 radical (unpaired) electrons. The van der Waals surface area contributed by atoms with E-state index in [2.05, 4.69) is 9.88 Å². The summed E-state index contributed by atoms with van der Waals surface area (Å²) in [5.41, 5.74) is 1.78. The van der Waals surface area contributed by atoms with Crippen molar-refractivity contribution in [3.63, 3.8) is 0 Å². The molecule has 9 heteroatoms. The zero-order valence-corrected chi connectivity index (χ0v) is 18.9. The van der Waals surface area contributed by atoms with Gasteiger partial charge in [-0.2, -0.15) is 4.98 Å². The van der Waals surface area contributed by atoms with E-state index in [1.165, 1.54) is 0 Å². The fourth-order valence-electron chi connectivity index (χ4n) is 4.47. The number of methoxy groups -OCH3 is 1. The molecule has 0 saturated carbocycles. The van der Waals surface area contributed by atoms with Crippen LogP contribution in [0.5, 0.6) is 5.75 Å². The quantitative estimate of drug-likeness (QED) is 0.589. The number of carbonyl (C=O) groups excluding carboxylic acids is 1. The second kappa shape index (κ2) is 7.40. The SMILES string of the molecule is COc1ccc(-c2nccs2)c2nc(N3CC4CCC(C3)N4C(=O)OC(C)(C)C)oc12. The minimum Gasteiger partial charge on any atom is -0.493 e. The molecular weight excluding hydrogens is 416 g/mol. The first-order valence-corrected chi connectivity index (χ1v) is 11.4. The topological polar surface area (TPSA) is 80.9 Å². The van der Waals surface area contributed by atoms with Crippen LogP contribution >= 0.6 is 11.3 Å². The van der Waals surface area contributed by atoms with Gasteiger partial charge >= 0.3 is 6.09 Å². The van der Waals surface area contributed by atoms with Crippen molar-refractivity contribution in [2.75, 3.05) is 25.1 Å². The van der Waals surface area contributed by atoms with Crippen LogP contribution < -0.4 is 9.64 Å². The van der Waals surface area contributed by atoms with Crippen LogP contribution in [0.2, 0.25) is 0 Å². The summed E-state index contributed by atoms with van der Waals surface area (Å²) in [6.45, 7) is 7.02. The van der Waals surface area contributed by atoms with Crippen LogP contribution in [0.25, 0.3) is 21.7 Å². The third kappa shape index (κ3) is 3.60. The second-order valence-electron chi connectivity index (χ2n) is 9.00. The van der Waals surface area contributed by atoms with Crippen molar-refractivity contribution in [1.29, 1.82) is 0 Å². The van der Waals surface area contributed by atoms with Crippen molar-refractivity contribution >= 4 is 34.5 Å². The summed E-state index contributed by atoms with van der Waals surface area (Å²) >= 11 is 1.56. The Kier molecular flexibility index (Phi) is 4.80. The fraction of sp³-hybridized carbons (Fsp3) is 0.500. The molecule has 2 unspecified atom stereocenters. The molecule has 0 aliphatic carbocycles. The lowest BCUT2D eigenvalue weighted by atomic mass is 10.2. The van der Waals surface area contributed by atoms with Gasteiger partial charge in [0.1, 0.15) is 16.1 Å². The Labute approximate surface area is 184 Å². The molecule has 31 heavy (non-hydrogen) atoms. The maximum absolute atomic E-state index is 12.7. The van der Waals surface area contributed by atoms with Gasteiger partial charge in [0.15, 0.2) is 11.3 Å². The van der Waals surface area contributed by atoms with Gasteiger partial charge in [0, 0.05) is 30.2 Å². The highest BCUT2D eigenvalue weighted by atomic mass is 32.1. The lowest BCUT2D eigenvalue weighted by Gasteiger charge is -2.40. The van der Waals surface area contributed by atoms with Crippen LogP contribution in [0.4, 0.5) is 10.8 Å². The van der Waals surface area contributed by atoms with E-state index in [1.54, 1.807) is 24.6 Å². The molecular formula is C22H26N4O4S. The number of rotatable bonds is 3. The number of nitrogens with zero attached hydrogens (tertiary/aromatic N) is 4. The maximum atomic E-state index is 12.7. The van der Waals surface area contributed by atoms with Crippen LogP contribution in [-0.2, 0) is 4.74 Å². The zero-order valence-electron chi connectivity index (χ0n) is 18.1. The molecule has 164 valence electrons. The van der Waals surface area contributed by atoms with E-state index < -0.39 is 5.60 Å². The van der Waals surface area contributed by atoms with Gasteiger partial charge in [-0.15, -0.1) is 11.3 Å². The Morgan fingerprint density at radius 3 is 2.58 bits per heavy atom. The Morgan fingerprint density at radius 2 is 1.97 bits per heavy atom. The van der Waals surface area contributed by atoms with Gasteiger partial charge in [0.05, 0.1) is 19.2 Å². The first-order valence-electron chi connectivity index (χ1n) is 10.5. The summed E-state index contributed by atoms with van der Waals surface area (Å²) < 4.78 is 17.4. The number of anilines is 1. The molecule has 0 spiro atoms. The van der Waals surface area contributed by atoms with E-state index in [9.17, 15) is 4.79 Å². The molecule has 2 aliphatic rings. The number of thiazole rings is 1. The summed E-state index contributed by atoms with van der Waals surface area (Å²) in [5.74, 6) is 0.643. The highest BCUT2D eigenvalue weighted by Gasteiger charge is 2.45. The number of aromatic nitrogens is 2. The van der Waals surface area contributed by atoms with E-state index in [1.807, 2.05) is 43.2 Å². The van der Waals surface area contributed by atoms with E-state index in [0.717, 1.165) is 28.9 Å². The first-order chi connectivity index (χ1) is 14.8. The van der Waals surface area contributed by atoms with Crippen molar-refractivity contribution in [3.8, 4) is 16.3 Å². The van der Waals surface area contributed by atoms with Crippen LogP contribution in [0.3, 0.4) is 0 Å². The van der Waals surface area contributed by atoms with Gasteiger partial charge in [-0.3, -0.25) is 4.90 Å². The Morgan fingerprint density at radius 1 is 1.23 bits per heavy atom. The number of piperazine rings is 1. The Hall–Kier alpha value is -2.81. The molecule has 2 bridgehead atoms. The highest BCUT2D eigenvalue weighted by Crippen LogP contribution is 2.39. The van der Waals surface area contributed by atoms with E-state index in [0.29, 0.717) is 30.4 Å². The number of oxazole rings is 1. The minimum atomic E-state index is -0.503. The normalized spacial score (nSPS) is 21.0. The lowest BCUT2D eigenvalue weighted by Crippen LogP contribution is -2.56. The predicted molar refractivity (Wildman–Crippen MR) is 119 cm³/mol. The van der Waals surface area contributed by atoms with Crippen molar-refractivity contribution < 1.29 is 18.7 Å². The van der Waals surface area contributed by atoms with Gasteiger partial charge in [-0.25, -0.2) is 9.78 Å². The maximum Gasteiger partial charge on any atom is 0.410 e. The number of amides is 1. The number of benzene rings is 1. The summed E-state index contributed by atoms with van der Waals surface area (Å²) in [6.07, 6.45) is 3.46. The second-order valence-corrected chi connectivity index (χ2v) is 9.90. The van der Waals surface area contributed by atoms with E-state index in [-0.39, 0.29) is 18.2 Å². The average molecular weight is 443 g/mol. The average Bonchev–Trinajstić information content (AvgIpc) is 3.44. The van der Waals surface area contributed by atoms with E-state index >= 15 is 0 Å². The molecule has 5 rings (SSSR count). The molecule has 0 N–H and O–H groups in total. The number of fused-ring (bicyclic) bond motifs is 3. The first kappa shape index (κ1) is 20.1. The molecule has 1 amide bonds. The summed E-state index contributed by atoms with van der Waals surface area (Å²) in [4.78, 5) is 26.1. The van der Waals surface area contributed by atoms with Crippen LogP contribution in [0, 0.1) is 0 Å². The van der Waals surface area contributed by atoms with Gasteiger partial charge in [0.2, 0.25) is 0 Å². The highest BCUT2D eigenvalue weighted by molar-refractivity contribution is 7.13. The summed E-state index contributed by atoms with van der Waals surface area (Å²) in [6, 6.07) is 4.58. The standard InChI is InChI=1S/C22H26N4O4S/c1-22(2,3)30-21(27)26-13-5-6-14(26)12-25(11-13)20-24-17-15(19-23-9-10-31-19)7-8-16(28-4)18(17)29-20/h7-10,13-14H,5-6,11-12H2,1-4H3. The molecule has 2 aliphatic heterocycles. The Balaban J connectivity index is 1.45. The monoisotopic (exact) mass is 442 g/mol. The van der Waals surface area contributed by atoms with Gasteiger partial charge < -0.3 is 18.8 Å². The lowest BCUT2D eigenvalue weighted by molar-refractivity contribution is 0.0120. The smallest absolute Gasteiger partial charge is 0.410 e. The summed E-state index contributed by atoms with van der Waals surface area (Å²) in [7, 11) is 1.62. The fourth-order valence-corrected chi connectivity index (χ4v) is 5.13. The van der Waals surface area contributed by atoms with Crippen molar-refractivity contribution in [3.05, 3.63) is 23.7 Å². The number of hydrogen-bond donors (Lipinski definition) is 0. The largest absolute Gasteiger partial charge is 0.493 e. The Bertz CT molecular complexity index is 1090. The van der Waals surface area contributed by atoms with E-state index in [4.69, 9.17) is 18.9 Å². The minimum absolute atomic E-state index is 0.0870. The molecule has 2 atom stereocenters. The zero-order chi connectivity index (χ0) is 21.8. The van der Waals surface area contributed by atoms with Gasteiger partial charge in [0.25, 0.3) is 6.01 Å². The molecule has 2 fully saturated rings. The number of ether oxygens (including phenoxy) is 2. The molecule has 2 saturated heterocycles. The molecule has 1 aromatic carbocycles. The number of hydrogen-bond acceptors (Lipinski definition) is 8. The van der Waals surface area contributed by atoms with Crippen LogP contribution in [0.15, 0.2) is 28.1 Å². The van der Waals surface area contributed by atoms with Crippen molar-refractivity contribution in [2.45, 2.75) is 51.3 Å². The van der Waals surface area contributed by atoms with Gasteiger partial charge in [-0.1, -0.05) is 0 Å². The molecule has 4 heterocycles. The third-order valence-corrected chi connectivity index (χ3v) is 6.54. The number of carbonyl (C=O) groups is 1. The van der Waals surface area contributed by atoms with Crippen molar-refractivity contribution in [2.24, 2.45) is 0 Å². The van der Waals surface area contributed by atoms with Gasteiger partial charge in [-0.05, 0) is 45.7 Å².